The van der Waals surface area contributed by atoms with Crippen molar-refractivity contribution >= 4 is 5.91 Å². The number of morpholine rings is 1. The van der Waals surface area contributed by atoms with Gasteiger partial charge in [-0.15, -0.1) is 0 Å². The van der Waals surface area contributed by atoms with Gasteiger partial charge in [0.25, 0.3) is 5.91 Å². The number of ether oxygens (including phenoxy) is 2. The minimum atomic E-state index is -0.412. The van der Waals surface area contributed by atoms with Gasteiger partial charge in [-0.25, -0.2) is 4.39 Å². The predicted molar refractivity (Wildman–Crippen MR) is 126 cm³/mol. The van der Waals surface area contributed by atoms with Crippen molar-refractivity contribution < 1.29 is 18.7 Å². The Morgan fingerprint density at radius 1 is 0.939 bits per heavy atom. The van der Waals surface area contributed by atoms with E-state index in [1.165, 1.54) is 12.1 Å². The second-order valence-electron chi connectivity index (χ2n) is 8.11. The van der Waals surface area contributed by atoms with Crippen LogP contribution >= 0.6 is 0 Å². The quantitative estimate of drug-likeness (QED) is 0.487. The van der Waals surface area contributed by atoms with Crippen molar-refractivity contribution in [3.8, 4) is 5.75 Å². The minimum absolute atomic E-state index is 0.182. The van der Waals surface area contributed by atoms with Crippen LogP contribution in [0.4, 0.5) is 4.39 Å². The van der Waals surface area contributed by atoms with Crippen LogP contribution in [0.2, 0.25) is 0 Å². The molecule has 6 heteroatoms. The summed E-state index contributed by atoms with van der Waals surface area (Å²) in [6, 6.07) is 23.7. The van der Waals surface area contributed by atoms with Crippen molar-refractivity contribution in [1.29, 1.82) is 0 Å². The van der Waals surface area contributed by atoms with Gasteiger partial charge in [0.15, 0.2) is 0 Å². The zero-order valence-electron chi connectivity index (χ0n) is 18.7. The van der Waals surface area contributed by atoms with Gasteiger partial charge in [-0.1, -0.05) is 48.5 Å². The second kappa shape index (κ2) is 11.6. The van der Waals surface area contributed by atoms with Gasteiger partial charge in [0.2, 0.25) is 0 Å². The third kappa shape index (κ3) is 6.88. The molecule has 0 spiro atoms. The molecule has 1 amide bonds. The van der Waals surface area contributed by atoms with Gasteiger partial charge in [0.05, 0.1) is 13.2 Å². The first kappa shape index (κ1) is 23.0. The molecule has 0 radical (unpaired) electrons. The lowest BCUT2D eigenvalue weighted by molar-refractivity contribution is 0.0320. The van der Waals surface area contributed by atoms with E-state index in [0.717, 1.165) is 36.5 Å². The minimum Gasteiger partial charge on any atom is -0.489 e. The SMILES string of the molecule is O=C(c1cccc(F)c1)N(CCN1CCOCC1)Cc1cccc(OCc2ccccc2)c1. The summed E-state index contributed by atoms with van der Waals surface area (Å²) >= 11 is 0. The van der Waals surface area contributed by atoms with Crippen molar-refractivity contribution in [2.45, 2.75) is 13.2 Å². The Morgan fingerprint density at radius 3 is 2.48 bits per heavy atom. The first-order valence-corrected chi connectivity index (χ1v) is 11.3. The van der Waals surface area contributed by atoms with Crippen LogP contribution in [0.5, 0.6) is 5.75 Å². The third-order valence-corrected chi connectivity index (χ3v) is 5.67. The highest BCUT2D eigenvalue weighted by molar-refractivity contribution is 5.94. The van der Waals surface area contributed by atoms with Gasteiger partial charge >= 0.3 is 0 Å². The number of carbonyl (C=O) groups excluding carboxylic acids is 1. The first-order valence-electron chi connectivity index (χ1n) is 11.3. The molecule has 33 heavy (non-hydrogen) atoms. The first-order chi connectivity index (χ1) is 16.2. The Morgan fingerprint density at radius 2 is 1.70 bits per heavy atom. The van der Waals surface area contributed by atoms with Crippen LogP contribution in [0.1, 0.15) is 21.5 Å². The summed E-state index contributed by atoms with van der Waals surface area (Å²) in [5.74, 6) is 0.159. The molecule has 0 saturated carbocycles. The molecule has 0 bridgehead atoms. The zero-order valence-corrected chi connectivity index (χ0v) is 18.7. The van der Waals surface area contributed by atoms with E-state index >= 15 is 0 Å². The summed E-state index contributed by atoms with van der Waals surface area (Å²) in [4.78, 5) is 17.3. The summed E-state index contributed by atoms with van der Waals surface area (Å²) in [5, 5.41) is 0. The van der Waals surface area contributed by atoms with Crippen LogP contribution in [0.3, 0.4) is 0 Å². The number of hydrogen-bond acceptors (Lipinski definition) is 4. The number of rotatable bonds is 9. The number of benzene rings is 3. The van der Waals surface area contributed by atoms with E-state index in [4.69, 9.17) is 9.47 Å². The van der Waals surface area contributed by atoms with Crippen LogP contribution in [0.25, 0.3) is 0 Å². The van der Waals surface area contributed by atoms with E-state index in [1.54, 1.807) is 17.0 Å². The second-order valence-corrected chi connectivity index (χ2v) is 8.11. The highest BCUT2D eigenvalue weighted by atomic mass is 19.1. The van der Waals surface area contributed by atoms with E-state index in [1.807, 2.05) is 54.6 Å². The molecule has 1 aliphatic rings. The topological polar surface area (TPSA) is 42.0 Å². The number of nitrogens with zero attached hydrogens (tertiary/aromatic N) is 2. The van der Waals surface area contributed by atoms with Crippen LogP contribution in [-0.2, 0) is 17.9 Å². The van der Waals surface area contributed by atoms with Crippen molar-refractivity contribution in [1.82, 2.24) is 9.80 Å². The van der Waals surface area contributed by atoms with Gasteiger partial charge in [-0.2, -0.15) is 0 Å². The van der Waals surface area contributed by atoms with E-state index in [9.17, 15) is 9.18 Å². The number of halogens is 1. The summed E-state index contributed by atoms with van der Waals surface area (Å²) in [5.41, 5.74) is 2.41. The molecule has 3 aromatic carbocycles. The highest BCUT2D eigenvalue weighted by Gasteiger charge is 2.19. The lowest BCUT2D eigenvalue weighted by Crippen LogP contribution is -2.42. The molecule has 5 nitrogen and oxygen atoms in total. The fraction of sp³-hybridized carbons (Fsp3) is 0.296. The number of carbonyl (C=O) groups is 1. The molecule has 0 N–H and O–H groups in total. The van der Waals surface area contributed by atoms with Gasteiger partial charge in [0.1, 0.15) is 18.2 Å². The Bertz CT molecular complexity index is 1040. The van der Waals surface area contributed by atoms with Crippen molar-refractivity contribution in [2.24, 2.45) is 0 Å². The van der Waals surface area contributed by atoms with Crippen LogP contribution < -0.4 is 4.74 Å². The van der Waals surface area contributed by atoms with Crippen molar-refractivity contribution in [3.05, 3.63) is 101 Å². The Kier molecular flexibility index (Phi) is 8.06. The third-order valence-electron chi connectivity index (χ3n) is 5.67. The zero-order chi connectivity index (χ0) is 22.9. The lowest BCUT2D eigenvalue weighted by atomic mass is 10.1. The number of amides is 1. The molecule has 3 aromatic rings. The van der Waals surface area contributed by atoms with Crippen LogP contribution in [0.15, 0.2) is 78.9 Å². The Balaban J connectivity index is 1.46. The fourth-order valence-electron chi connectivity index (χ4n) is 3.84. The maximum Gasteiger partial charge on any atom is 0.254 e. The van der Waals surface area contributed by atoms with E-state index < -0.39 is 5.82 Å². The molecule has 172 valence electrons. The molecule has 0 atom stereocenters. The van der Waals surface area contributed by atoms with Crippen LogP contribution in [-0.4, -0.2) is 55.1 Å². The van der Waals surface area contributed by atoms with E-state index in [-0.39, 0.29) is 5.91 Å². The molecule has 1 aliphatic heterocycles. The average molecular weight is 449 g/mol. The van der Waals surface area contributed by atoms with Crippen LogP contribution in [0, 0.1) is 5.82 Å². The van der Waals surface area contributed by atoms with E-state index in [2.05, 4.69) is 4.90 Å². The van der Waals surface area contributed by atoms with Crippen molar-refractivity contribution in [2.75, 3.05) is 39.4 Å². The van der Waals surface area contributed by atoms with E-state index in [0.29, 0.717) is 38.5 Å². The molecule has 0 aliphatic carbocycles. The Hall–Kier alpha value is -3.22. The summed E-state index contributed by atoms with van der Waals surface area (Å²) in [6.45, 7) is 5.31. The maximum absolute atomic E-state index is 13.8. The highest BCUT2D eigenvalue weighted by Crippen LogP contribution is 2.18. The largest absolute Gasteiger partial charge is 0.489 e. The molecular weight excluding hydrogens is 419 g/mol. The van der Waals surface area contributed by atoms with Gasteiger partial charge in [-0.3, -0.25) is 9.69 Å². The monoisotopic (exact) mass is 448 g/mol. The van der Waals surface area contributed by atoms with Gasteiger partial charge in [-0.05, 0) is 41.5 Å². The lowest BCUT2D eigenvalue weighted by Gasteiger charge is -2.30. The molecule has 1 heterocycles. The predicted octanol–water partition coefficient (Wildman–Crippen LogP) is 4.38. The van der Waals surface area contributed by atoms with Gasteiger partial charge in [0, 0.05) is 38.3 Å². The smallest absolute Gasteiger partial charge is 0.254 e. The molecule has 0 aromatic heterocycles. The van der Waals surface area contributed by atoms with Crippen molar-refractivity contribution in [3.63, 3.8) is 0 Å². The molecule has 0 unspecified atom stereocenters. The molecule has 4 rings (SSSR count). The average Bonchev–Trinajstić information content (AvgIpc) is 2.86. The molecule has 1 fully saturated rings. The number of hydrogen-bond donors (Lipinski definition) is 0. The Labute approximate surface area is 194 Å². The fourth-order valence-corrected chi connectivity index (χ4v) is 3.84. The van der Waals surface area contributed by atoms with Gasteiger partial charge < -0.3 is 14.4 Å². The standard InChI is InChI=1S/C27H29FN2O3/c28-25-10-5-9-24(19-25)27(31)30(13-12-29-14-16-32-17-15-29)20-23-8-4-11-26(18-23)33-21-22-6-2-1-3-7-22/h1-11,18-19H,12-17,20-21H2. The summed E-state index contributed by atoms with van der Waals surface area (Å²) < 4.78 is 25.1. The summed E-state index contributed by atoms with van der Waals surface area (Å²) in [6.07, 6.45) is 0. The normalized spacial score (nSPS) is 14.1. The maximum atomic E-state index is 13.8. The molecular formula is C27H29FN2O3. The molecule has 1 saturated heterocycles. The summed E-state index contributed by atoms with van der Waals surface area (Å²) in [7, 11) is 0.